The number of carbonyl (C=O) groups excluding carboxylic acids is 1. The third kappa shape index (κ3) is 4.82. The molecule has 34 heavy (non-hydrogen) atoms. The van der Waals surface area contributed by atoms with E-state index in [0.717, 1.165) is 30.4 Å². The minimum Gasteiger partial charge on any atom is -0.487 e. The molecule has 9 heteroatoms. The number of aliphatic hydroxyl groups excluding tert-OH is 1. The molecule has 0 radical (unpaired) electrons. The van der Waals surface area contributed by atoms with Gasteiger partial charge in [-0.1, -0.05) is 19.4 Å². The Balaban J connectivity index is 1.74. The van der Waals surface area contributed by atoms with Gasteiger partial charge in [0.25, 0.3) is 0 Å². The fourth-order valence-electron chi connectivity index (χ4n) is 4.49. The Morgan fingerprint density at radius 3 is 2.56 bits per heavy atom. The molecule has 2 heterocycles. The van der Waals surface area contributed by atoms with Crippen LogP contribution >= 0.6 is 0 Å². The SMILES string of the molecule is C[C@@H]1CN([C@H](C)CO)S(=O)(=O)c2ccc(-c3ccncc3)cc2O[C@@H]1CN(C)C(=O)C1CCC1. The molecule has 1 aliphatic carbocycles. The van der Waals surface area contributed by atoms with Crippen LogP contribution in [-0.2, 0) is 14.8 Å². The number of carbonyl (C=O) groups is 1. The van der Waals surface area contributed by atoms with Gasteiger partial charge in [0.1, 0.15) is 16.7 Å². The van der Waals surface area contributed by atoms with Gasteiger partial charge in [-0.15, -0.1) is 0 Å². The largest absolute Gasteiger partial charge is 0.487 e. The lowest BCUT2D eigenvalue weighted by atomic mass is 9.84. The maximum absolute atomic E-state index is 13.6. The Labute approximate surface area is 201 Å². The summed E-state index contributed by atoms with van der Waals surface area (Å²) in [6.45, 7) is 3.88. The third-order valence-electron chi connectivity index (χ3n) is 6.97. The van der Waals surface area contributed by atoms with E-state index in [0.29, 0.717) is 6.54 Å². The van der Waals surface area contributed by atoms with Gasteiger partial charge >= 0.3 is 0 Å². The number of aromatic nitrogens is 1. The zero-order valence-electron chi connectivity index (χ0n) is 19.9. The van der Waals surface area contributed by atoms with E-state index >= 15 is 0 Å². The highest BCUT2D eigenvalue weighted by Gasteiger charge is 2.39. The van der Waals surface area contributed by atoms with Crippen LogP contribution in [0.15, 0.2) is 47.6 Å². The number of hydrogen-bond donors (Lipinski definition) is 1. The van der Waals surface area contributed by atoms with Crippen molar-refractivity contribution in [2.24, 2.45) is 11.8 Å². The highest BCUT2D eigenvalue weighted by molar-refractivity contribution is 7.89. The van der Waals surface area contributed by atoms with E-state index in [1.807, 2.05) is 19.1 Å². The van der Waals surface area contributed by atoms with Crippen molar-refractivity contribution in [1.82, 2.24) is 14.2 Å². The fraction of sp³-hybridized carbons (Fsp3) is 0.520. The first kappa shape index (κ1) is 24.6. The van der Waals surface area contributed by atoms with Crippen LogP contribution in [0.5, 0.6) is 5.75 Å². The van der Waals surface area contributed by atoms with Crippen molar-refractivity contribution in [3.8, 4) is 16.9 Å². The van der Waals surface area contributed by atoms with Gasteiger partial charge in [-0.2, -0.15) is 4.31 Å². The second kappa shape index (κ2) is 10.0. The standard InChI is InChI=1S/C25H33N3O5S/c1-17-14-28(18(2)16-29)34(31,32)24-8-7-21(19-9-11-26-12-10-19)13-22(24)33-23(17)15-27(3)25(30)20-5-4-6-20/h7-13,17-18,20,23,29H,4-6,14-16H2,1-3H3/t17-,18-,23-/m1/s1. The molecular formula is C25H33N3O5S. The lowest BCUT2D eigenvalue weighted by Crippen LogP contribution is -2.50. The number of rotatable bonds is 6. The van der Waals surface area contributed by atoms with Gasteiger partial charge in [0, 0.05) is 43.9 Å². The summed E-state index contributed by atoms with van der Waals surface area (Å²) in [6.07, 6.45) is 5.87. The first-order chi connectivity index (χ1) is 16.2. The van der Waals surface area contributed by atoms with Crippen LogP contribution in [0.2, 0.25) is 0 Å². The number of benzene rings is 1. The summed E-state index contributed by atoms with van der Waals surface area (Å²) in [4.78, 5) is 18.6. The quantitative estimate of drug-likeness (QED) is 0.673. The minimum atomic E-state index is -3.91. The Morgan fingerprint density at radius 1 is 1.24 bits per heavy atom. The average molecular weight is 488 g/mol. The summed E-state index contributed by atoms with van der Waals surface area (Å²) in [5.41, 5.74) is 1.70. The van der Waals surface area contributed by atoms with E-state index in [1.54, 1.807) is 49.5 Å². The maximum Gasteiger partial charge on any atom is 0.247 e. The molecule has 1 aliphatic heterocycles. The molecule has 1 saturated carbocycles. The van der Waals surface area contributed by atoms with Crippen LogP contribution < -0.4 is 4.74 Å². The topological polar surface area (TPSA) is 100 Å². The molecule has 1 aromatic carbocycles. The number of fused-ring (bicyclic) bond motifs is 1. The number of aliphatic hydroxyl groups is 1. The van der Waals surface area contributed by atoms with E-state index in [9.17, 15) is 18.3 Å². The number of ether oxygens (including phenoxy) is 1. The van der Waals surface area contributed by atoms with E-state index in [-0.39, 0.29) is 41.5 Å². The molecule has 184 valence electrons. The minimum absolute atomic E-state index is 0.0653. The molecule has 2 aromatic rings. The Kier molecular flexibility index (Phi) is 7.25. The van der Waals surface area contributed by atoms with Gasteiger partial charge in [0.2, 0.25) is 15.9 Å². The van der Waals surface area contributed by atoms with Crippen molar-refractivity contribution < 1.29 is 23.1 Å². The molecule has 0 bridgehead atoms. The first-order valence-corrected chi connectivity index (χ1v) is 13.2. The summed E-state index contributed by atoms with van der Waals surface area (Å²) >= 11 is 0. The number of sulfonamides is 1. The predicted octanol–water partition coefficient (Wildman–Crippen LogP) is 2.78. The molecular weight excluding hydrogens is 454 g/mol. The lowest BCUT2D eigenvalue weighted by molar-refractivity contribution is -0.138. The number of likely N-dealkylation sites (N-methyl/N-ethyl adjacent to an activating group) is 1. The summed E-state index contributed by atoms with van der Waals surface area (Å²) in [5.74, 6) is 0.234. The van der Waals surface area contributed by atoms with E-state index in [4.69, 9.17) is 4.74 Å². The van der Waals surface area contributed by atoms with Crippen molar-refractivity contribution in [1.29, 1.82) is 0 Å². The second-order valence-corrected chi connectivity index (χ2v) is 11.3. The van der Waals surface area contributed by atoms with E-state index < -0.39 is 22.2 Å². The fourth-order valence-corrected chi connectivity index (χ4v) is 6.32. The summed E-state index contributed by atoms with van der Waals surface area (Å²) < 4.78 is 34.9. The zero-order valence-corrected chi connectivity index (χ0v) is 20.7. The first-order valence-electron chi connectivity index (χ1n) is 11.8. The maximum atomic E-state index is 13.6. The molecule has 2 aliphatic rings. The number of hydrogen-bond acceptors (Lipinski definition) is 6. The average Bonchev–Trinajstić information content (AvgIpc) is 2.79. The Morgan fingerprint density at radius 2 is 1.94 bits per heavy atom. The van der Waals surface area contributed by atoms with Crippen LogP contribution in [0.1, 0.15) is 33.1 Å². The van der Waals surface area contributed by atoms with Crippen molar-refractivity contribution in [2.75, 3.05) is 26.7 Å². The van der Waals surface area contributed by atoms with Gasteiger partial charge in [-0.05, 0) is 55.2 Å². The summed E-state index contributed by atoms with van der Waals surface area (Å²) in [6, 6.07) is 8.17. The summed E-state index contributed by atoms with van der Waals surface area (Å²) in [7, 11) is -2.12. The van der Waals surface area contributed by atoms with Crippen molar-refractivity contribution in [3.05, 3.63) is 42.7 Å². The second-order valence-electron chi connectivity index (χ2n) is 9.48. The molecule has 1 N–H and O–H groups in total. The highest BCUT2D eigenvalue weighted by atomic mass is 32.2. The van der Waals surface area contributed by atoms with Crippen molar-refractivity contribution in [2.45, 2.75) is 50.2 Å². The number of amides is 1. The Hall–Kier alpha value is -2.49. The molecule has 8 nitrogen and oxygen atoms in total. The molecule has 1 amide bonds. The highest BCUT2D eigenvalue weighted by Crippen LogP contribution is 2.37. The van der Waals surface area contributed by atoms with Crippen LogP contribution in [0.4, 0.5) is 0 Å². The van der Waals surface area contributed by atoms with Gasteiger partial charge in [-0.3, -0.25) is 9.78 Å². The molecule has 0 unspecified atom stereocenters. The lowest BCUT2D eigenvalue weighted by Gasteiger charge is -2.38. The molecule has 3 atom stereocenters. The molecule has 4 rings (SSSR count). The smallest absolute Gasteiger partial charge is 0.247 e. The van der Waals surface area contributed by atoms with Crippen molar-refractivity contribution >= 4 is 15.9 Å². The number of pyridine rings is 1. The molecule has 0 saturated heterocycles. The van der Waals surface area contributed by atoms with Gasteiger partial charge in [0.05, 0.1) is 13.2 Å². The molecule has 0 spiro atoms. The van der Waals surface area contributed by atoms with Crippen LogP contribution in [0.3, 0.4) is 0 Å². The predicted molar refractivity (Wildman–Crippen MR) is 129 cm³/mol. The van der Waals surface area contributed by atoms with Crippen LogP contribution in [0.25, 0.3) is 11.1 Å². The van der Waals surface area contributed by atoms with Crippen LogP contribution in [0, 0.1) is 11.8 Å². The zero-order chi connectivity index (χ0) is 24.5. The van der Waals surface area contributed by atoms with E-state index in [2.05, 4.69) is 4.98 Å². The third-order valence-corrected chi connectivity index (χ3v) is 8.98. The molecule has 1 fully saturated rings. The van der Waals surface area contributed by atoms with Gasteiger partial charge < -0.3 is 14.7 Å². The monoisotopic (exact) mass is 487 g/mol. The van der Waals surface area contributed by atoms with Gasteiger partial charge in [0.15, 0.2) is 0 Å². The number of nitrogens with zero attached hydrogens (tertiary/aromatic N) is 3. The molecule has 1 aromatic heterocycles. The van der Waals surface area contributed by atoms with Gasteiger partial charge in [-0.25, -0.2) is 8.42 Å². The van der Waals surface area contributed by atoms with E-state index in [1.165, 1.54) is 4.31 Å². The normalized spacial score (nSPS) is 23.5. The Bertz CT molecular complexity index is 1120. The summed E-state index contributed by atoms with van der Waals surface area (Å²) in [5, 5.41) is 9.79. The van der Waals surface area contributed by atoms with Crippen molar-refractivity contribution in [3.63, 3.8) is 0 Å². The van der Waals surface area contributed by atoms with Crippen LogP contribution in [-0.4, -0.2) is 72.5 Å².